The second kappa shape index (κ2) is 6.75. The van der Waals surface area contributed by atoms with Gasteiger partial charge >= 0.3 is 12.1 Å². The van der Waals surface area contributed by atoms with Gasteiger partial charge in [0, 0.05) is 11.4 Å². The molecule has 0 aliphatic carbocycles. The van der Waals surface area contributed by atoms with Gasteiger partial charge in [0.1, 0.15) is 0 Å². The average molecular weight is 302 g/mol. The van der Waals surface area contributed by atoms with Crippen LogP contribution in [0.1, 0.15) is 6.92 Å². The molecule has 1 aromatic carbocycles. The van der Waals surface area contributed by atoms with Gasteiger partial charge in [-0.1, -0.05) is 0 Å². The minimum atomic E-state index is -3.94. The second-order valence-corrected chi connectivity index (χ2v) is 5.40. The van der Waals surface area contributed by atoms with Gasteiger partial charge < -0.3 is 9.84 Å². The lowest BCUT2D eigenvalue weighted by Crippen LogP contribution is -2.22. The zero-order valence-corrected chi connectivity index (χ0v) is 11.4. The lowest BCUT2D eigenvalue weighted by molar-refractivity contribution is -0.134. The Morgan fingerprint density at radius 1 is 1.20 bits per heavy atom. The van der Waals surface area contributed by atoms with E-state index in [9.17, 15) is 18.0 Å². The number of carbonyl (C=O) groups excluding carboxylic acids is 1. The van der Waals surface area contributed by atoms with E-state index in [1.807, 2.05) is 0 Å². The van der Waals surface area contributed by atoms with Crippen molar-refractivity contribution in [3.05, 3.63) is 24.3 Å². The van der Waals surface area contributed by atoms with Gasteiger partial charge in [-0.15, -0.1) is 0 Å². The maximum atomic E-state index is 11.4. The van der Waals surface area contributed by atoms with E-state index in [-0.39, 0.29) is 12.3 Å². The third-order valence-electron chi connectivity index (χ3n) is 1.99. The van der Waals surface area contributed by atoms with Crippen LogP contribution in [0.3, 0.4) is 0 Å². The van der Waals surface area contributed by atoms with Crippen molar-refractivity contribution in [1.82, 2.24) is 0 Å². The smallest absolute Gasteiger partial charge is 0.411 e. The Morgan fingerprint density at radius 3 is 2.25 bits per heavy atom. The molecule has 20 heavy (non-hydrogen) atoms. The van der Waals surface area contributed by atoms with E-state index in [0.717, 1.165) is 0 Å². The molecule has 0 aromatic heterocycles. The number of anilines is 2. The lowest BCUT2D eigenvalue weighted by atomic mass is 10.3. The third kappa shape index (κ3) is 5.57. The Balaban J connectivity index is 2.67. The molecule has 1 amide bonds. The molecule has 0 radical (unpaired) electrons. The Bertz CT molecular complexity index is 581. The highest BCUT2D eigenvalue weighted by molar-refractivity contribution is 7.93. The molecule has 0 unspecified atom stereocenters. The Kier molecular flexibility index (Phi) is 5.32. The SMILES string of the molecule is CCOC(=O)Nc1ccc(NS(=O)(=O)CC(=O)O)cc1. The van der Waals surface area contributed by atoms with Gasteiger partial charge in [0.2, 0.25) is 10.0 Å². The molecule has 0 heterocycles. The van der Waals surface area contributed by atoms with Gasteiger partial charge in [-0.25, -0.2) is 13.2 Å². The summed E-state index contributed by atoms with van der Waals surface area (Å²) in [6, 6.07) is 5.69. The average Bonchev–Trinajstić information content (AvgIpc) is 2.29. The number of carboxylic acid groups (broad SMARTS) is 1. The first-order valence-corrected chi connectivity index (χ1v) is 7.24. The number of aliphatic carboxylic acids is 1. The number of benzene rings is 1. The van der Waals surface area contributed by atoms with Crippen LogP contribution in [-0.4, -0.2) is 37.9 Å². The van der Waals surface area contributed by atoms with Crippen LogP contribution in [-0.2, 0) is 19.6 Å². The van der Waals surface area contributed by atoms with Crippen LogP contribution < -0.4 is 10.0 Å². The monoisotopic (exact) mass is 302 g/mol. The molecule has 8 nitrogen and oxygen atoms in total. The van der Waals surface area contributed by atoms with Gasteiger partial charge in [0.05, 0.1) is 6.61 Å². The highest BCUT2D eigenvalue weighted by Gasteiger charge is 2.15. The minimum Gasteiger partial charge on any atom is -0.480 e. The van der Waals surface area contributed by atoms with Crippen molar-refractivity contribution >= 4 is 33.5 Å². The normalized spacial score (nSPS) is 10.7. The van der Waals surface area contributed by atoms with E-state index in [1.54, 1.807) is 6.92 Å². The Hall–Kier alpha value is -2.29. The first-order valence-electron chi connectivity index (χ1n) is 5.58. The summed E-state index contributed by atoms with van der Waals surface area (Å²) >= 11 is 0. The molecule has 0 spiro atoms. The van der Waals surface area contributed by atoms with E-state index < -0.39 is 27.8 Å². The highest BCUT2D eigenvalue weighted by atomic mass is 32.2. The van der Waals surface area contributed by atoms with Crippen LogP contribution in [0.5, 0.6) is 0 Å². The number of hydrogen-bond donors (Lipinski definition) is 3. The second-order valence-electron chi connectivity index (χ2n) is 3.68. The number of rotatable bonds is 6. The largest absolute Gasteiger partial charge is 0.480 e. The predicted octanol–water partition coefficient (Wildman–Crippen LogP) is 1.08. The van der Waals surface area contributed by atoms with Crippen LogP contribution in [0.2, 0.25) is 0 Å². The van der Waals surface area contributed by atoms with Gasteiger partial charge in [-0.05, 0) is 31.2 Å². The zero-order chi connectivity index (χ0) is 15.2. The molecular weight excluding hydrogens is 288 g/mol. The van der Waals surface area contributed by atoms with Crippen molar-refractivity contribution < 1.29 is 27.9 Å². The summed E-state index contributed by atoms with van der Waals surface area (Å²) in [4.78, 5) is 21.5. The number of carbonyl (C=O) groups is 2. The first-order chi connectivity index (χ1) is 9.32. The van der Waals surface area contributed by atoms with Crippen LogP contribution in [0.4, 0.5) is 16.2 Å². The minimum absolute atomic E-state index is 0.195. The zero-order valence-electron chi connectivity index (χ0n) is 10.6. The summed E-state index contributed by atoms with van der Waals surface area (Å²) in [5.41, 5.74) is 0.616. The summed E-state index contributed by atoms with van der Waals surface area (Å²) in [6.45, 7) is 1.90. The summed E-state index contributed by atoms with van der Waals surface area (Å²) in [7, 11) is -3.94. The van der Waals surface area contributed by atoms with Crippen molar-refractivity contribution in [1.29, 1.82) is 0 Å². The van der Waals surface area contributed by atoms with E-state index in [1.165, 1.54) is 24.3 Å². The standard InChI is InChI=1S/C11H14N2O6S/c1-2-19-11(16)12-8-3-5-9(6-4-8)13-20(17,18)7-10(14)15/h3-6,13H,2,7H2,1H3,(H,12,16)(H,14,15). The lowest BCUT2D eigenvalue weighted by Gasteiger charge is -2.08. The summed E-state index contributed by atoms with van der Waals surface area (Å²) in [6.07, 6.45) is -0.619. The number of ether oxygens (including phenoxy) is 1. The molecule has 110 valence electrons. The van der Waals surface area contributed by atoms with Gasteiger partial charge in [0.25, 0.3) is 0 Å². The topological polar surface area (TPSA) is 122 Å². The number of amides is 1. The summed E-state index contributed by atoms with van der Waals surface area (Å²) < 4.78 is 29.5. The molecule has 1 rings (SSSR count). The van der Waals surface area contributed by atoms with E-state index >= 15 is 0 Å². The molecule has 3 N–H and O–H groups in total. The Morgan fingerprint density at radius 2 is 1.75 bits per heavy atom. The van der Waals surface area contributed by atoms with Crippen LogP contribution in [0, 0.1) is 0 Å². The van der Waals surface area contributed by atoms with Gasteiger partial charge in [-0.2, -0.15) is 0 Å². The summed E-state index contributed by atoms with van der Waals surface area (Å²) in [5.74, 6) is -2.46. The fourth-order valence-corrected chi connectivity index (χ4v) is 2.18. The fourth-order valence-electron chi connectivity index (χ4n) is 1.28. The molecule has 0 atom stereocenters. The molecule has 9 heteroatoms. The Labute approximate surface area is 115 Å². The molecule has 0 saturated carbocycles. The molecule has 0 aliphatic heterocycles. The van der Waals surface area contributed by atoms with E-state index in [4.69, 9.17) is 5.11 Å². The predicted molar refractivity (Wildman–Crippen MR) is 72.1 cm³/mol. The van der Waals surface area contributed by atoms with Crippen molar-refractivity contribution in [2.24, 2.45) is 0 Å². The molecule has 0 bridgehead atoms. The molecule has 0 fully saturated rings. The third-order valence-corrected chi connectivity index (χ3v) is 3.17. The molecule has 0 aliphatic rings. The van der Waals surface area contributed by atoms with Crippen molar-refractivity contribution in [2.45, 2.75) is 6.92 Å². The summed E-state index contributed by atoms with van der Waals surface area (Å²) in [5, 5.41) is 10.9. The van der Waals surface area contributed by atoms with Crippen molar-refractivity contribution in [2.75, 3.05) is 22.4 Å². The van der Waals surface area contributed by atoms with E-state index in [0.29, 0.717) is 5.69 Å². The highest BCUT2D eigenvalue weighted by Crippen LogP contribution is 2.15. The van der Waals surface area contributed by atoms with Crippen LogP contribution >= 0.6 is 0 Å². The number of carboxylic acids is 1. The first kappa shape index (κ1) is 15.8. The van der Waals surface area contributed by atoms with Crippen LogP contribution in [0.15, 0.2) is 24.3 Å². The van der Waals surface area contributed by atoms with Gasteiger partial charge in [0.15, 0.2) is 5.75 Å². The maximum Gasteiger partial charge on any atom is 0.411 e. The maximum absolute atomic E-state index is 11.4. The number of hydrogen-bond acceptors (Lipinski definition) is 5. The van der Waals surface area contributed by atoms with Crippen molar-refractivity contribution in [3.8, 4) is 0 Å². The van der Waals surface area contributed by atoms with Crippen molar-refractivity contribution in [3.63, 3.8) is 0 Å². The number of sulfonamides is 1. The molecule has 1 aromatic rings. The quantitative estimate of drug-likeness (QED) is 0.723. The van der Waals surface area contributed by atoms with E-state index in [2.05, 4.69) is 14.8 Å². The molecule has 0 saturated heterocycles. The van der Waals surface area contributed by atoms with Gasteiger partial charge in [-0.3, -0.25) is 14.8 Å². The van der Waals surface area contributed by atoms with Crippen LogP contribution in [0.25, 0.3) is 0 Å². The fraction of sp³-hybridized carbons (Fsp3) is 0.273. The molecular formula is C11H14N2O6S. The number of nitrogens with one attached hydrogen (secondary N) is 2.